The third-order valence-electron chi connectivity index (χ3n) is 5.08. The maximum absolute atomic E-state index is 13.4. The summed E-state index contributed by atoms with van der Waals surface area (Å²) in [6.45, 7) is 3.82. The van der Waals surface area contributed by atoms with Gasteiger partial charge in [0.15, 0.2) is 4.80 Å². The van der Waals surface area contributed by atoms with Crippen LogP contribution in [0.5, 0.6) is 0 Å². The number of thiazole rings is 1. The van der Waals surface area contributed by atoms with Gasteiger partial charge in [-0.15, -0.1) is 0 Å². The number of thiophene rings is 1. The number of fused-ring (bicyclic) bond motifs is 1. The summed E-state index contributed by atoms with van der Waals surface area (Å²) in [5.74, 6) is -0.447. The van der Waals surface area contributed by atoms with Gasteiger partial charge in [0.1, 0.15) is 0 Å². The normalized spacial score (nSPS) is 16.1. The van der Waals surface area contributed by atoms with E-state index in [0.717, 1.165) is 16.8 Å². The Balaban J connectivity index is 1.94. The molecular weight excluding hydrogens is 430 g/mol. The molecule has 0 saturated carbocycles. The Kier molecular flexibility index (Phi) is 5.93. The van der Waals surface area contributed by atoms with Crippen LogP contribution in [0.2, 0.25) is 0 Å². The molecule has 160 valence electrons. The van der Waals surface area contributed by atoms with E-state index in [1.54, 1.807) is 29.8 Å². The van der Waals surface area contributed by atoms with E-state index in [-0.39, 0.29) is 12.2 Å². The minimum atomic E-state index is -0.587. The van der Waals surface area contributed by atoms with Gasteiger partial charge in [-0.25, -0.2) is 9.79 Å². The number of carbonyl (C=O) groups is 1. The van der Waals surface area contributed by atoms with Gasteiger partial charge in [-0.2, -0.15) is 11.3 Å². The molecule has 0 unspecified atom stereocenters. The van der Waals surface area contributed by atoms with Gasteiger partial charge in [0.2, 0.25) is 0 Å². The van der Waals surface area contributed by atoms with E-state index in [1.807, 2.05) is 66.2 Å². The number of rotatable bonds is 5. The second kappa shape index (κ2) is 8.64. The molecule has 0 saturated heterocycles. The third-order valence-corrected chi connectivity index (χ3v) is 6.77. The summed E-state index contributed by atoms with van der Waals surface area (Å²) in [4.78, 5) is 33.5. The summed E-state index contributed by atoms with van der Waals surface area (Å²) in [5.41, 5.74) is 3.66. The molecule has 0 aliphatic carbocycles. The Labute approximate surface area is 188 Å². The fourth-order valence-corrected chi connectivity index (χ4v) is 5.23. The molecule has 3 heterocycles. The molecule has 1 atom stereocenters. The van der Waals surface area contributed by atoms with Crippen molar-refractivity contribution in [3.63, 3.8) is 0 Å². The highest BCUT2D eigenvalue weighted by Gasteiger charge is 2.33. The van der Waals surface area contributed by atoms with E-state index in [4.69, 9.17) is 4.74 Å². The van der Waals surface area contributed by atoms with Crippen LogP contribution >= 0.6 is 22.7 Å². The number of hydrogen-bond acceptors (Lipinski definition) is 7. The summed E-state index contributed by atoms with van der Waals surface area (Å²) < 4.78 is 7.53. The maximum Gasteiger partial charge on any atom is 0.338 e. The summed E-state index contributed by atoms with van der Waals surface area (Å²) in [6, 6.07) is 9.25. The highest BCUT2D eigenvalue weighted by molar-refractivity contribution is 7.08. The molecule has 0 amide bonds. The zero-order valence-corrected chi connectivity index (χ0v) is 19.4. The first-order valence-corrected chi connectivity index (χ1v) is 11.7. The van der Waals surface area contributed by atoms with Crippen LogP contribution < -0.4 is 19.8 Å². The Hall–Kier alpha value is -2.97. The number of allylic oxidation sites excluding steroid dienone is 1. The number of hydrogen-bond donors (Lipinski definition) is 0. The van der Waals surface area contributed by atoms with Crippen LogP contribution in [-0.2, 0) is 9.53 Å². The summed E-state index contributed by atoms with van der Waals surface area (Å²) in [5, 5.41) is 3.96. The van der Waals surface area contributed by atoms with E-state index in [1.165, 1.54) is 11.3 Å². The first-order valence-electron chi connectivity index (χ1n) is 9.90. The number of benzene rings is 1. The van der Waals surface area contributed by atoms with Crippen molar-refractivity contribution in [1.29, 1.82) is 0 Å². The van der Waals surface area contributed by atoms with E-state index in [9.17, 15) is 9.59 Å². The second-order valence-electron chi connectivity index (χ2n) is 7.34. The molecule has 4 rings (SSSR count). The van der Waals surface area contributed by atoms with E-state index in [0.29, 0.717) is 20.6 Å². The maximum atomic E-state index is 13.4. The van der Waals surface area contributed by atoms with Crippen LogP contribution in [0.15, 0.2) is 62.1 Å². The van der Waals surface area contributed by atoms with Crippen LogP contribution in [0.1, 0.15) is 31.0 Å². The summed E-state index contributed by atoms with van der Waals surface area (Å²) in [6.07, 6.45) is 1.87. The minimum Gasteiger partial charge on any atom is -0.463 e. The van der Waals surface area contributed by atoms with Gasteiger partial charge in [0.05, 0.1) is 28.5 Å². The standard InChI is InChI=1S/C23H23N3O3S2/c1-5-29-22(28)19-14(2)24-23-26(20(19)16-6-8-17(9-7-16)25(3)4)21(27)18(31-23)12-15-10-11-30-13-15/h6-13,20H,5H2,1-4H3/b18-12+/t20-/m0/s1. The van der Waals surface area contributed by atoms with Crippen LogP contribution in [0.25, 0.3) is 6.08 Å². The van der Waals surface area contributed by atoms with Gasteiger partial charge >= 0.3 is 5.97 Å². The van der Waals surface area contributed by atoms with E-state index >= 15 is 0 Å². The number of anilines is 1. The lowest BCUT2D eigenvalue weighted by atomic mass is 9.95. The van der Waals surface area contributed by atoms with Crippen LogP contribution in [0.3, 0.4) is 0 Å². The molecule has 2 aromatic heterocycles. The first kappa shape index (κ1) is 21.3. The van der Waals surface area contributed by atoms with Crippen molar-refractivity contribution >= 4 is 40.4 Å². The Bertz CT molecular complexity index is 1310. The Morgan fingerprint density at radius 1 is 1.26 bits per heavy atom. The number of carbonyl (C=O) groups excluding carboxylic acids is 1. The number of esters is 1. The van der Waals surface area contributed by atoms with Gasteiger partial charge in [-0.1, -0.05) is 23.5 Å². The zero-order valence-electron chi connectivity index (χ0n) is 17.8. The Morgan fingerprint density at radius 2 is 2.00 bits per heavy atom. The lowest BCUT2D eigenvalue weighted by Gasteiger charge is -2.25. The van der Waals surface area contributed by atoms with Crippen molar-refractivity contribution in [3.05, 3.63) is 83.2 Å². The molecule has 31 heavy (non-hydrogen) atoms. The molecule has 8 heteroatoms. The largest absolute Gasteiger partial charge is 0.463 e. The van der Waals surface area contributed by atoms with Crippen molar-refractivity contribution in [3.8, 4) is 0 Å². The van der Waals surface area contributed by atoms with Gasteiger partial charge in [-0.3, -0.25) is 9.36 Å². The average molecular weight is 454 g/mol. The summed E-state index contributed by atoms with van der Waals surface area (Å²) >= 11 is 2.91. The minimum absolute atomic E-state index is 0.161. The van der Waals surface area contributed by atoms with Crippen molar-refractivity contribution in [2.75, 3.05) is 25.6 Å². The van der Waals surface area contributed by atoms with Crippen LogP contribution in [0.4, 0.5) is 5.69 Å². The number of aromatic nitrogens is 1. The van der Waals surface area contributed by atoms with Crippen molar-refractivity contribution in [2.45, 2.75) is 19.9 Å². The van der Waals surface area contributed by atoms with Crippen molar-refractivity contribution in [1.82, 2.24) is 4.57 Å². The fraction of sp³-hybridized carbons (Fsp3) is 0.261. The molecule has 1 aliphatic heterocycles. The van der Waals surface area contributed by atoms with Gasteiger partial charge in [-0.05, 0) is 60.0 Å². The van der Waals surface area contributed by atoms with E-state index in [2.05, 4.69) is 4.99 Å². The molecule has 1 aromatic carbocycles. The molecular formula is C23H23N3O3S2. The fourth-order valence-electron chi connectivity index (χ4n) is 3.57. The number of nitrogens with zero attached hydrogens (tertiary/aromatic N) is 3. The molecule has 1 aliphatic rings. The second-order valence-corrected chi connectivity index (χ2v) is 9.13. The van der Waals surface area contributed by atoms with Gasteiger partial charge in [0, 0.05) is 19.8 Å². The van der Waals surface area contributed by atoms with Gasteiger partial charge < -0.3 is 9.64 Å². The predicted molar refractivity (Wildman–Crippen MR) is 125 cm³/mol. The Morgan fingerprint density at radius 3 is 2.61 bits per heavy atom. The molecule has 0 N–H and O–H groups in total. The SMILES string of the molecule is CCOC(=O)C1=C(C)N=c2s/c(=C/c3ccsc3)c(=O)n2[C@H]1c1ccc(N(C)C)cc1. The average Bonchev–Trinajstić information content (AvgIpc) is 3.35. The van der Waals surface area contributed by atoms with Crippen LogP contribution in [-0.4, -0.2) is 31.2 Å². The highest BCUT2D eigenvalue weighted by Crippen LogP contribution is 2.31. The zero-order chi connectivity index (χ0) is 22.1. The highest BCUT2D eigenvalue weighted by atomic mass is 32.1. The lowest BCUT2D eigenvalue weighted by Crippen LogP contribution is -2.39. The molecule has 6 nitrogen and oxygen atoms in total. The quantitative estimate of drug-likeness (QED) is 0.558. The smallest absolute Gasteiger partial charge is 0.338 e. The predicted octanol–water partition coefficient (Wildman–Crippen LogP) is 2.93. The lowest BCUT2D eigenvalue weighted by molar-refractivity contribution is -0.139. The molecule has 0 fully saturated rings. The van der Waals surface area contributed by atoms with Gasteiger partial charge in [0.25, 0.3) is 5.56 Å². The first-order chi connectivity index (χ1) is 14.9. The molecule has 0 spiro atoms. The third kappa shape index (κ3) is 4.00. The van der Waals surface area contributed by atoms with Crippen molar-refractivity contribution in [2.24, 2.45) is 4.99 Å². The molecule has 3 aromatic rings. The number of ether oxygens (including phenoxy) is 1. The molecule has 0 bridgehead atoms. The van der Waals surface area contributed by atoms with E-state index < -0.39 is 12.0 Å². The summed E-state index contributed by atoms with van der Waals surface area (Å²) in [7, 11) is 3.94. The van der Waals surface area contributed by atoms with Crippen molar-refractivity contribution < 1.29 is 9.53 Å². The molecule has 0 radical (unpaired) electrons. The topological polar surface area (TPSA) is 63.9 Å². The monoisotopic (exact) mass is 453 g/mol. The van der Waals surface area contributed by atoms with Crippen LogP contribution in [0, 0.1) is 0 Å².